The molecular weight excluding hydrogens is 244 g/mol. The van der Waals surface area contributed by atoms with Crippen LogP contribution in [0.2, 0.25) is 0 Å². The van der Waals surface area contributed by atoms with Gasteiger partial charge in [-0.25, -0.2) is 0 Å². The van der Waals surface area contributed by atoms with Crippen molar-refractivity contribution in [2.75, 3.05) is 0 Å². The number of hydrogen-bond donors (Lipinski definition) is 0. The van der Waals surface area contributed by atoms with Crippen molar-refractivity contribution in [2.45, 2.75) is 52.4 Å². The number of rotatable bonds is 0. The molecule has 108 valence electrons. The smallest absolute Gasteiger partial charge is 0.178 e. The highest BCUT2D eigenvalue weighted by atomic mass is 16.1. The summed E-state index contributed by atoms with van der Waals surface area (Å²) in [5, 5.41) is 0. The van der Waals surface area contributed by atoms with E-state index in [-0.39, 0.29) is 11.2 Å². The van der Waals surface area contributed by atoms with E-state index in [1.807, 2.05) is 12.2 Å². The van der Waals surface area contributed by atoms with Gasteiger partial charge in [0.05, 0.1) is 0 Å². The van der Waals surface area contributed by atoms with E-state index in [2.05, 4.69) is 19.9 Å². The number of allylic oxidation sites excluding steroid dienone is 4. The highest BCUT2D eigenvalue weighted by molar-refractivity contribution is 6.01. The third-order valence-corrected chi connectivity index (χ3v) is 7.23. The first-order chi connectivity index (χ1) is 9.59. The van der Waals surface area contributed by atoms with Crippen LogP contribution in [0.15, 0.2) is 23.8 Å². The molecule has 4 aliphatic rings. The van der Waals surface area contributed by atoms with E-state index in [1.54, 1.807) is 0 Å². The summed E-state index contributed by atoms with van der Waals surface area (Å²) in [4.78, 5) is 11.7. The maximum absolute atomic E-state index is 11.7. The van der Waals surface area contributed by atoms with Gasteiger partial charge in [0, 0.05) is 5.41 Å². The molecule has 0 saturated heterocycles. The summed E-state index contributed by atoms with van der Waals surface area (Å²) in [5.41, 5.74) is 1.61. The summed E-state index contributed by atoms with van der Waals surface area (Å²) in [6, 6.07) is 0. The van der Waals surface area contributed by atoms with E-state index in [9.17, 15) is 4.79 Å². The van der Waals surface area contributed by atoms with E-state index in [0.29, 0.717) is 0 Å². The Balaban J connectivity index is 1.68. The Hall–Kier alpha value is -0.850. The quantitative estimate of drug-likeness (QED) is 0.631. The van der Waals surface area contributed by atoms with Gasteiger partial charge in [-0.2, -0.15) is 0 Å². The zero-order valence-corrected chi connectivity index (χ0v) is 12.8. The number of ketones is 1. The Kier molecular flexibility index (Phi) is 2.78. The van der Waals surface area contributed by atoms with E-state index in [0.717, 1.165) is 36.0 Å². The summed E-state index contributed by atoms with van der Waals surface area (Å²) in [6.07, 6.45) is 14.2. The zero-order valence-electron chi connectivity index (χ0n) is 12.8. The number of fused-ring (bicyclic) bond motifs is 5. The summed E-state index contributed by atoms with van der Waals surface area (Å²) < 4.78 is 0. The van der Waals surface area contributed by atoms with Crippen molar-refractivity contribution in [2.24, 2.45) is 35.0 Å². The van der Waals surface area contributed by atoms with Crippen LogP contribution in [0, 0.1) is 35.0 Å². The van der Waals surface area contributed by atoms with E-state index < -0.39 is 0 Å². The lowest BCUT2D eigenvalue weighted by atomic mass is 9.51. The molecule has 0 heterocycles. The highest BCUT2D eigenvalue weighted by Gasteiger charge is 2.52. The van der Waals surface area contributed by atoms with Gasteiger partial charge in [0.1, 0.15) is 0 Å². The summed E-state index contributed by atoms with van der Waals surface area (Å²) in [7, 11) is 0. The van der Waals surface area contributed by atoms with Crippen LogP contribution in [-0.4, -0.2) is 5.78 Å². The van der Waals surface area contributed by atoms with Crippen LogP contribution < -0.4 is 0 Å². The average molecular weight is 270 g/mol. The summed E-state index contributed by atoms with van der Waals surface area (Å²) in [6.45, 7) is 4.87. The Morgan fingerprint density at radius 1 is 1.05 bits per heavy atom. The van der Waals surface area contributed by atoms with E-state index >= 15 is 0 Å². The molecule has 0 aromatic carbocycles. The van der Waals surface area contributed by atoms with Crippen LogP contribution in [-0.2, 0) is 4.79 Å². The first-order valence-electron chi connectivity index (χ1n) is 8.54. The topological polar surface area (TPSA) is 17.1 Å². The lowest BCUT2D eigenvalue weighted by molar-refractivity contribution is -0.110. The molecule has 0 spiro atoms. The minimum Gasteiger partial charge on any atom is -0.290 e. The molecule has 0 aliphatic heterocycles. The molecule has 0 amide bonds. The Morgan fingerprint density at radius 2 is 1.85 bits per heavy atom. The Labute approximate surface area is 122 Å². The van der Waals surface area contributed by atoms with Gasteiger partial charge in [-0.1, -0.05) is 31.9 Å². The SMILES string of the molecule is CC1CCC2C1CCC1C2CCC2=CC(=O)C=CC21C. The van der Waals surface area contributed by atoms with Crippen LogP contribution in [0.25, 0.3) is 0 Å². The van der Waals surface area contributed by atoms with E-state index in [4.69, 9.17) is 0 Å². The van der Waals surface area contributed by atoms with Crippen molar-refractivity contribution in [3.8, 4) is 0 Å². The molecule has 0 aromatic rings. The molecule has 4 aliphatic carbocycles. The van der Waals surface area contributed by atoms with Gasteiger partial charge >= 0.3 is 0 Å². The molecule has 3 fully saturated rings. The van der Waals surface area contributed by atoms with Crippen LogP contribution in [0.3, 0.4) is 0 Å². The lowest BCUT2D eigenvalue weighted by Gasteiger charge is -2.53. The summed E-state index contributed by atoms with van der Waals surface area (Å²) >= 11 is 0. The molecule has 1 nitrogen and oxygen atoms in total. The molecule has 0 radical (unpaired) electrons. The second kappa shape index (κ2) is 4.32. The number of hydrogen-bond acceptors (Lipinski definition) is 1. The molecule has 20 heavy (non-hydrogen) atoms. The van der Waals surface area contributed by atoms with Crippen molar-refractivity contribution in [1.82, 2.24) is 0 Å². The number of carbonyl (C=O) groups excluding carboxylic acids is 1. The third kappa shape index (κ3) is 1.64. The largest absolute Gasteiger partial charge is 0.290 e. The van der Waals surface area contributed by atoms with Gasteiger partial charge < -0.3 is 0 Å². The molecule has 4 rings (SSSR count). The highest BCUT2D eigenvalue weighted by Crippen LogP contribution is 2.61. The van der Waals surface area contributed by atoms with Gasteiger partial charge in [-0.3, -0.25) is 4.79 Å². The molecular formula is C19H26O. The monoisotopic (exact) mass is 270 g/mol. The molecule has 0 N–H and O–H groups in total. The Morgan fingerprint density at radius 3 is 2.70 bits per heavy atom. The van der Waals surface area contributed by atoms with Crippen molar-refractivity contribution >= 4 is 5.78 Å². The maximum Gasteiger partial charge on any atom is 0.178 e. The predicted molar refractivity (Wildman–Crippen MR) is 81.2 cm³/mol. The summed E-state index contributed by atoms with van der Waals surface area (Å²) in [5.74, 6) is 4.85. The molecule has 0 aromatic heterocycles. The molecule has 1 heteroatoms. The average Bonchev–Trinajstić information content (AvgIpc) is 2.82. The second-order valence-corrected chi connectivity index (χ2v) is 7.96. The second-order valence-electron chi connectivity index (χ2n) is 7.96. The van der Waals surface area contributed by atoms with Gasteiger partial charge in [0.25, 0.3) is 0 Å². The van der Waals surface area contributed by atoms with Gasteiger partial charge in [0.15, 0.2) is 5.78 Å². The predicted octanol–water partition coefficient (Wildman–Crippen LogP) is 4.54. The molecule has 6 atom stereocenters. The minimum absolute atomic E-state index is 0.188. The van der Waals surface area contributed by atoms with Crippen molar-refractivity contribution in [1.29, 1.82) is 0 Å². The minimum atomic E-state index is 0.188. The van der Waals surface area contributed by atoms with Crippen molar-refractivity contribution < 1.29 is 4.79 Å². The van der Waals surface area contributed by atoms with Gasteiger partial charge in [-0.05, 0) is 73.8 Å². The van der Waals surface area contributed by atoms with Crippen LogP contribution in [0.1, 0.15) is 52.4 Å². The third-order valence-electron chi connectivity index (χ3n) is 7.23. The van der Waals surface area contributed by atoms with Gasteiger partial charge in [0.2, 0.25) is 0 Å². The molecule has 0 bridgehead atoms. The van der Waals surface area contributed by atoms with Crippen molar-refractivity contribution in [3.05, 3.63) is 23.8 Å². The van der Waals surface area contributed by atoms with E-state index in [1.165, 1.54) is 37.7 Å². The molecule has 6 unspecified atom stereocenters. The number of carbonyl (C=O) groups is 1. The van der Waals surface area contributed by atoms with Crippen molar-refractivity contribution in [3.63, 3.8) is 0 Å². The fourth-order valence-electron chi connectivity index (χ4n) is 6.14. The normalized spacial score (nSPS) is 50.2. The fraction of sp³-hybridized carbons (Fsp3) is 0.737. The van der Waals surface area contributed by atoms with Gasteiger partial charge in [-0.15, -0.1) is 0 Å². The van der Waals surface area contributed by atoms with Crippen LogP contribution in [0.4, 0.5) is 0 Å². The lowest BCUT2D eigenvalue weighted by Crippen LogP contribution is -2.46. The fourth-order valence-corrected chi connectivity index (χ4v) is 6.14. The van der Waals surface area contributed by atoms with Crippen LogP contribution in [0.5, 0.6) is 0 Å². The standard InChI is InChI=1S/C19H26O/c1-12-3-5-16-15(12)7-8-18-17(16)6-4-13-11-14(20)9-10-19(13,18)2/h9-12,15-18H,3-8H2,1-2H3. The first kappa shape index (κ1) is 12.9. The Bertz CT molecular complexity index is 500. The molecule has 3 saturated carbocycles. The maximum atomic E-state index is 11.7. The van der Waals surface area contributed by atoms with Crippen LogP contribution >= 0.6 is 0 Å². The zero-order chi connectivity index (χ0) is 13.9. The first-order valence-corrected chi connectivity index (χ1v) is 8.54.